The van der Waals surface area contributed by atoms with Crippen molar-refractivity contribution >= 4 is 5.69 Å². The van der Waals surface area contributed by atoms with E-state index in [4.69, 9.17) is 5.73 Å². The molecule has 0 amide bonds. The van der Waals surface area contributed by atoms with E-state index in [-0.39, 0.29) is 6.17 Å². The van der Waals surface area contributed by atoms with Crippen molar-refractivity contribution in [2.24, 2.45) is 0 Å². The van der Waals surface area contributed by atoms with Crippen molar-refractivity contribution in [2.45, 2.75) is 6.17 Å². The van der Waals surface area contributed by atoms with Crippen molar-refractivity contribution in [1.29, 1.82) is 0 Å². The Balaban J connectivity index is 2.39. The molecular formula is C7H9N3. The Morgan fingerprint density at radius 2 is 1.90 bits per heavy atom. The minimum Gasteiger partial charge on any atom is -0.398 e. The van der Waals surface area contributed by atoms with Crippen LogP contribution in [0, 0.1) is 0 Å². The molecule has 0 atom stereocenters. The molecule has 0 aliphatic carbocycles. The van der Waals surface area contributed by atoms with E-state index in [1.165, 1.54) is 0 Å². The third-order valence-electron chi connectivity index (χ3n) is 1.60. The Kier molecular flexibility index (Phi) is 1.12. The maximum Gasteiger partial charge on any atom is 0.111 e. The molecule has 1 aliphatic rings. The number of benzene rings is 1. The van der Waals surface area contributed by atoms with Gasteiger partial charge in [0.2, 0.25) is 0 Å². The first-order valence-corrected chi connectivity index (χ1v) is 3.23. The van der Waals surface area contributed by atoms with Crippen LogP contribution in [-0.4, -0.2) is 0 Å². The minimum absolute atomic E-state index is 0.279. The number of rotatable bonds is 1. The molecule has 52 valence electrons. The number of nitrogens with two attached hydrogens (primary N) is 1. The second-order valence-electron chi connectivity index (χ2n) is 2.35. The van der Waals surface area contributed by atoms with Crippen LogP contribution in [0.25, 0.3) is 0 Å². The lowest BCUT2D eigenvalue weighted by atomic mass is 10.2. The molecule has 1 heterocycles. The van der Waals surface area contributed by atoms with Crippen LogP contribution in [0.4, 0.5) is 5.69 Å². The Labute approximate surface area is 59.2 Å². The van der Waals surface area contributed by atoms with Gasteiger partial charge in [-0.2, -0.15) is 0 Å². The molecule has 0 bridgehead atoms. The number of hydrogen-bond donors (Lipinski definition) is 3. The van der Waals surface area contributed by atoms with Crippen molar-refractivity contribution in [2.75, 3.05) is 5.73 Å². The van der Waals surface area contributed by atoms with Gasteiger partial charge in [0, 0.05) is 11.3 Å². The van der Waals surface area contributed by atoms with E-state index in [1.807, 2.05) is 24.3 Å². The van der Waals surface area contributed by atoms with Crippen LogP contribution in [0.2, 0.25) is 0 Å². The summed E-state index contributed by atoms with van der Waals surface area (Å²) < 4.78 is 0. The molecule has 10 heavy (non-hydrogen) atoms. The van der Waals surface area contributed by atoms with Crippen molar-refractivity contribution in [1.82, 2.24) is 10.9 Å². The highest BCUT2D eigenvalue weighted by molar-refractivity contribution is 5.48. The standard InChI is InChI=1S/C7H9N3/c8-6-4-2-1-3-5(6)7-9-10-7/h1-4,7,9-10H,8H2. The van der Waals surface area contributed by atoms with Crippen LogP contribution in [0.1, 0.15) is 11.7 Å². The number of nitrogen functional groups attached to an aromatic ring is 1. The van der Waals surface area contributed by atoms with E-state index in [0.717, 1.165) is 11.3 Å². The predicted molar refractivity (Wildman–Crippen MR) is 39.9 cm³/mol. The summed E-state index contributed by atoms with van der Waals surface area (Å²) in [6.45, 7) is 0. The lowest BCUT2D eigenvalue weighted by molar-refractivity contribution is 1.07. The summed E-state index contributed by atoms with van der Waals surface area (Å²) in [7, 11) is 0. The van der Waals surface area contributed by atoms with E-state index < -0.39 is 0 Å². The van der Waals surface area contributed by atoms with Gasteiger partial charge >= 0.3 is 0 Å². The van der Waals surface area contributed by atoms with Gasteiger partial charge in [0.05, 0.1) is 0 Å². The van der Waals surface area contributed by atoms with Crippen LogP contribution < -0.4 is 16.6 Å². The number of hydrazine groups is 1. The average molecular weight is 135 g/mol. The summed E-state index contributed by atoms with van der Waals surface area (Å²) in [5.74, 6) is 0. The van der Waals surface area contributed by atoms with E-state index >= 15 is 0 Å². The Hall–Kier alpha value is -1.06. The largest absolute Gasteiger partial charge is 0.398 e. The average Bonchev–Trinajstić information content (AvgIpc) is 2.71. The highest BCUT2D eigenvalue weighted by Crippen LogP contribution is 2.21. The molecule has 2 rings (SSSR count). The molecule has 0 aromatic heterocycles. The number of hydrogen-bond acceptors (Lipinski definition) is 3. The van der Waals surface area contributed by atoms with E-state index in [2.05, 4.69) is 10.9 Å². The topological polar surface area (TPSA) is 69.9 Å². The van der Waals surface area contributed by atoms with Crippen LogP contribution in [-0.2, 0) is 0 Å². The van der Waals surface area contributed by atoms with Gasteiger partial charge in [-0.3, -0.25) is 0 Å². The molecule has 1 aromatic rings. The van der Waals surface area contributed by atoms with Gasteiger partial charge in [-0.15, -0.1) is 0 Å². The minimum atomic E-state index is 0.279. The van der Waals surface area contributed by atoms with E-state index in [0.29, 0.717) is 0 Å². The Bertz CT molecular complexity index is 242. The molecule has 3 nitrogen and oxygen atoms in total. The van der Waals surface area contributed by atoms with Crippen molar-refractivity contribution < 1.29 is 0 Å². The highest BCUT2D eigenvalue weighted by Gasteiger charge is 2.22. The van der Waals surface area contributed by atoms with Gasteiger partial charge in [-0.05, 0) is 6.07 Å². The normalized spacial score (nSPS) is 17.2. The molecule has 3 heteroatoms. The summed E-state index contributed by atoms with van der Waals surface area (Å²) in [6, 6.07) is 7.82. The fourth-order valence-corrected chi connectivity index (χ4v) is 0.971. The fraction of sp³-hybridized carbons (Fsp3) is 0.143. The first-order valence-electron chi connectivity index (χ1n) is 3.23. The van der Waals surface area contributed by atoms with Gasteiger partial charge in [-0.25, -0.2) is 10.9 Å². The van der Waals surface area contributed by atoms with E-state index in [9.17, 15) is 0 Å². The van der Waals surface area contributed by atoms with Gasteiger partial charge in [0.15, 0.2) is 0 Å². The fourth-order valence-electron chi connectivity index (χ4n) is 0.971. The molecule has 1 aromatic carbocycles. The molecule has 0 saturated carbocycles. The maximum absolute atomic E-state index is 5.68. The van der Waals surface area contributed by atoms with E-state index in [1.54, 1.807) is 0 Å². The first kappa shape index (κ1) is 5.70. The second-order valence-corrected chi connectivity index (χ2v) is 2.35. The number of anilines is 1. The van der Waals surface area contributed by atoms with Crippen molar-refractivity contribution in [3.05, 3.63) is 29.8 Å². The van der Waals surface area contributed by atoms with Crippen LogP contribution in [0.15, 0.2) is 24.3 Å². The molecule has 0 radical (unpaired) electrons. The van der Waals surface area contributed by atoms with Gasteiger partial charge in [0.25, 0.3) is 0 Å². The molecule has 4 N–H and O–H groups in total. The van der Waals surface area contributed by atoms with Gasteiger partial charge in [-0.1, -0.05) is 18.2 Å². The summed E-state index contributed by atoms with van der Waals surface area (Å²) in [4.78, 5) is 0. The monoisotopic (exact) mass is 135 g/mol. The zero-order chi connectivity index (χ0) is 6.97. The summed E-state index contributed by atoms with van der Waals surface area (Å²) in [5, 5.41) is 0. The van der Waals surface area contributed by atoms with Crippen LogP contribution >= 0.6 is 0 Å². The Morgan fingerprint density at radius 3 is 2.50 bits per heavy atom. The molecule has 1 saturated heterocycles. The molecule has 0 spiro atoms. The highest BCUT2D eigenvalue weighted by atomic mass is 15.6. The maximum atomic E-state index is 5.68. The van der Waals surface area contributed by atoms with Gasteiger partial charge < -0.3 is 5.73 Å². The lowest BCUT2D eigenvalue weighted by Gasteiger charge is -1.98. The quantitative estimate of drug-likeness (QED) is 0.385. The third kappa shape index (κ3) is 0.853. The van der Waals surface area contributed by atoms with Crippen molar-refractivity contribution in [3.63, 3.8) is 0 Å². The third-order valence-corrected chi connectivity index (χ3v) is 1.60. The number of para-hydroxylation sites is 1. The summed E-state index contributed by atoms with van der Waals surface area (Å²) in [6.07, 6.45) is 0.279. The summed E-state index contributed by atoms with van der Waals surface area (Å²) >= 11 is 0. The SMILES string of the molecule is Nc1ccccc1C1NN1. The van der Waals surface area contributed by atoms with Crippen molar-refractivity contribution in [3.8, 4) is 0 Å². The summed E-state index contributed by atoms with van der Waals surface area (Å²) in [5.41, 5.74) is 13.6. The first-order chi connectivity index (χ1) is 4.88. The zero-order valence-electron chi connectivity index (χ0n) is 5.46. The Morgan fingerprint density at radius 1 is 1.20 bits per heavy atom. The molecule has 0 unspecified atom stereocenters. The zero-order valence-corrected chi connectivity index (χ0v) is 5.46. The predicted octanol–water partition coefficient (Wildman–Crippen LogP) is 0.375. The lowest BCUT2D eigenvalue weighted by Crippen LogP contribution is -1.93. The van der Waals surface area contributed by atoms with Gasteiger partial charge in [0.1, 0.15) is 6.17 Å². The number of nitrogens with one attached hydrogen (secondary N) is 2. The molecule has 1 aliphatic heterocycles. The van der Waals surface area contributed by atoms with Crippen LogP contribution in [0.5, 0.6) is 0 Å². The second kappa shape index (κ2) is 1.97. The smallest absolute Gasteiger partial charge is 0.111 e. The molecule has 1 fully saturated rings. The molecular weight excluding hydrogens is 126 g/mol. The van der Waals surface area contributed by atoms with Crippen LogP contribution in [0.3, 0.4) is 0 Å².